The molecule has 1 aliphatic carbocycles. The monoisotopic (exact) mass is 375 g/mol. The third-order valence-electron chi connectivity index (χ3n) is 5.07. The number of hydrogen-bond acceptors (Lipinski definition) is 3. The summed E-state index contributed by atoms with van der Waals surface area (Å²) in [6, 6.07) is 13.5. The van der Waals surface area contributed by atoms with Crippen molar-refractivity contribution in [3.8, 4) is 5.75 Å². The van der Waals surface area contributed by atoms with Crippen LogP contribution in [0.2, 0.25) is 0 Å². The van der Waals surface area contributed by atoms with Crippen LogP contribution in [0.3, 0.4) is 0 Å². The second-order valence-electron chi connectivity index (χ2n) is 7.17. The van der Waals surface area contributed by atoms with Crippen LogP contribution in [0, 0.1) is 0 Å². The van der Waals surface area contributed by atoms with Gasteiger partial charge in [0.2, 0.25) is 0 Å². The van der Waals surface area contributed by atoms with Crippen molar-refractivity contribution in [2.24, 2.45) is 5.10 Å². The van der Waals surface area contributed by atoms with Gasteiger partial charge >= 0.3 is 0 Å². The van der Waals surface area contributed by atoms with Crippen molar-refractivity contribution in [1.82, 2.24) is 10.4 Å². The van der Waals surface area contributed by atoms with Gasteiger partial charge in [-0.25, -0.2) is 5.43 Å². The number of fused-ring (bicyclic) bond motifs is 3. The highest BCUT2D eigenvalue weighted by atomic mass is 16.5. The van der Waals surface area contributed by atoms with E-state index < -0.39 is 0 Å². The minimum absolute atomic E-state index is 0.206. The van der Waals surface area contributed by atoms with E-state index in [0.29, 0.717) is 12.2 Å². The molecule has 0 fully saturated rings. The Kier molecular flexibility index (Phi) is 5.42. The van der Waals surface area contributed by atoms with E-state index in [4.69, 9.17) is 4.74 Å². The van der Waals surface area contributed by atoms with Gasteiger partial charge in [0.15, 0.2) is 0 Å². The topological polar surface area (TPSA) is 66.5 Å². The summed E-state index contributed by atoms with van der Waals surface area (Å²) in [7, 11) is 0. The van der Waals surface area contributed by atoms with E-state index in [-0.39, 0.29) is 5.91 Å². The molecule has 4 rings (SSSR count). The van der Waals surface area contributed by atoms with Gasteiger partial charge in [-0.1, -0.05) is 19.1 Å². The molecule has 0 bridgehead atoms. The van der Waals surface area contributed by atoms with Crippen molar-refractivity contribution >= 4 is 23.0 Å². The molecule has 0 radical (unpaired) electrons. The van der Waals surface area contributed by atoms with Crippen LogP contribution < -0.4 is 10.2 Å². The Morgan fingerprint density at radius 2 is 2.11 bits per heavy atom. The predicted octanol–water partition coefficient (Wildman–Crippen LogP) is 4.60. The van der Waals surface area contributed by atoms with Crippen LogP contribution in [-0.2, 0) is 12.8 Å². The normalized spacial score (nSPS) is 13.6. The SMILES string of the molecule is CCCOc1cccc(/C=N\NC(=O)c2ccc3[nH]c4c(c3c2)CCCC4)c1. The van der Waals surface area contributed by atoms with Crippen molar-refractivity contribution in [2.45, 2.75) is 39.0 Å². The van der Waals surface area contributed by atoms with Crippen molar-refractivity contribution < 1.29 is 9.53 Å². The smallest absolute Gasteiger partial charge is 0.271 e. The lowest BCUT2D eigenvalue weighted by Gasteiger charge is -2.10. The summed E-state index contributed by atoms with van der Waals surface area (Å²) in [4.78, 5) is 16.0. The number of aromatic nitrogens is 1. The first-order valence-corrected chi connectivity index (χ1v) is 9.94. The molecule has 28 heavy (non-hydrogen) atoms. The van der Waals surface area contributed by atoms with Crippen molar-refractivity contribution in [1.29, 1.82) is 0 Å². The molecular weight excluding hydrogens is 350 g/mol. The zero-order valence-corrected chi connectivity index (χ0v) is 16.1. The molecule has 0 saturated carbocycles. The van der Waals surface area contributed by atoms with Gasteiger partial charge in [-0.15, -0.1) is 0 Å². The van der Waals surface area contributed by atoms with Gasteiger partial charge in [0, 0.05) is 22.2 Å². The average molecular weight is 375 g/mol. The Morgan fingerprint density at radius 3 is 3.00 bits per heavy atom. The fourth-order valence-electron chi connectivity index (χ4n) is 3.68. The van der Waals surface area contributed by atoms with Crippen LogP contribution in [0.25, 0.3) is 10.9 Å². The third-order valence-corrected chi connectivity index (χ3v) is 5.07. The largest absolute Gasteiger partial charge is 0.494 e. The number of ether oxygens (including phenoxy) is 1. The molecule has 2 aromatic carbocycles. The van der Waals surface area contributed by atoms with Crippen LogP contribution in [0.5, 0.6) is 5.75 Å². The number of carbonyl (C=O) groups is 1. The standard InChI is InChI=1S/C23H25N3O2/c1-2-12-28-18-7-5-6-16(13-18)15-24-26-23(27)17-10-11-22-20(14-17)19-8-3-4-9-21(19)25-22/h5-7,10-11,13-15,25H,2-4,8-9,12H2,1H3,(H,26,27)/b24-15-. The van der Waals surface area contributed by atoms with Crippen LogP contribution in [0.4, 0.5) is 0 Å². The molecule has 144 valence electrons. The zero-order valence-electron chi connectivity index (χ0n) is 16.1. The third kappa shape index (κ3) is 3.93. The quantitative estimate of drug-likeness (QED) is 0.488. The second-order valence-corrected chi connectivity index (χ2v) is 7.17. The molecule has 5 nitrogen and oxygen atoms in total. The summed E-state index contributed by atoms with van der Waals surface area (Å²) in [5, 5.41) is 5.27. The summed E-state index contributed by atoms with van der Waals surface area (Å²) >= 11 is 0. The van der Waals surface area contributed by atoms with E-state index in [1.807, 2.05) is 42.5 Å². The number of amides is 1. The average Bonchev–Trinajstić information content (AvgIpc) is 3.10. The first-order valence-electron chi connectivity index (χ1n) is 9.94. The van der Waals surface area contributed by atoms with Crippen molar-refractivity contribution in [2.75, 3.05) is 6.61 Å². The summed E-state index contributed by atoms with van der Waals surface area (Å²) in [6.45, 7) is 2.75. The number of nitrogens with one attached hydrogen (secondary N) is 2. The van der Waals surface area contributed by atoms with Crippen LogP contribution in [-0.4, -0.2) is 23.7 Å². The summed E-state index contributed by atoms with van der Waals surface area (Å²) in [5.74, 6) is 0.599. The van der Waals surface area contributed by atoms with E-state index >= 15 is 0 Å². The molecule has 0 unspecified atom stereocenters. The Balaban J connectivity index is 1.46. The number of hydrogen-bond donors (Lipinski definition) is 2. The van der Waals surface area contributed by atoms with Gasteiger partial charge in [-0.2, -0.15) is 5.10 Å². The minimum Gasteiger partial charge on any atom is -0.494 e. The Hall–Kier alpha value is -3.08. The van der Waals surface area contributed by atoms with Crippen LogP contribution in [0.1, 0.15) is 53.4 Å². The zero-order chi connectivity index (χ0) is 19.3. The maximum absolute atomic E-state index is 12.5. The van der Waals surface area contributed by atoms with Gasteiger partial charge < -0.3 is 9.72 Å². The number of H-pyrrole nitrogens is 1. The molecular formula is C23H25N3O2. The first kappa shape index (κ1) is 18.3. The Bertz CT molecular complexity index is 1020. The predicted molar refractivity (Wildman–Crippen MR) is 112 cm³/mol. The highest BCUT2D eigenvalue weighted by Crippen LogP contribution is 2.29. The molecule has 2 N–H and O–H groups in total. The second kappa shape index (κ2) is 8.30. The number of benzene rings is 2. The van der Waals surface area contributed by atoms with E-state index in [9.17, 15) is 4.79 Å². The lowest BCUT2D eigenvalue weighted by Crippen LogP contribution is -2.17. The minimum atomic E-state index is -0.206. The number of carbonyl (C=O) groups excluding carboxylic acids is 1. The number of nitrogens with zero attached hydrogens (tertiary/aromatic N) is 1. The van der Waals surface area contributed by atoms with Crippen LogP contribution in [0.15, 0.2) is 47.6 Å². The Morgan fingerprint density at radius 1 is 1.21 bits per heavy atom. The Labute approximate surface area is 164 Å². The highest BCUT2D eigenvalue weighted by molar-refractivity contribution is 5.99. The fourth-order valence-corrected chi connectivity index (χ4v) is 3.68. The van der Waals surface area contributed by atoms with E-state index in [2.05, 4.69) is 22.4 Å². The lowest BCUT2D eigenvalue weighted by atomic mass is 9.95. The van der Waals surface area contributed by atoms with Gasteiger partial charge in [-0.05, 0) is 73.6 Å². The molecule has 1 amide bonds. The maximum atomic E-state index is 12.5. The van der Waals surface area contributed by atoms with Crippen molar-refractivity contribution in [3.63, 3.8) is 0 Å². The molecule has 0 aliphatic heterocycles. The highest BCUT2D eigenvalue weighted by Gasteiger charge is 2.16. The summed E-state index contributed by atoms with van der Waals surface area (Å²) < 4.78 is 5.62. The summed E-state index contributed by atoms with van der Waals surface area (Å²) in [6.07, 6.45) is 7.20. The molecule has 0 saturated heterocycles. The molecule has 5 heteroatoms. The number of rotatable bonds is 6. The molecule has 1 aromatic heterocycles. The maximum Gasteiger partial charge on any atom is 0.271 e. The molecule has 3 aromatic rings. The van der Waals surface area contributed by atoms with Gasteiger partial charge in [0.1, 0.15) is 5.75 Å². The lowest BCUT2D eigenvalue weighted by molar-refractivity contribution is 0.0955. The van der Waals surface area contributed by atoms with Gasteiger partial charge in [-0.3, -0.25) is 4.79 Å². The first-order chi connectivity index (χ1) is 13.7. The number of aromatic amines is 1. The van der Waals surface area contributed by atoms with Gasteiger partial charge in [0.05, 0.1) is 12.8 Å². The fraction of sp³-hybridized carbons (Fsp3) is 0.304. The number of hydrazone groups is 1. The van der Waals surface area contributed by atoms with Gasteiger partial charge in [0.25, 0.3) is 5.91 Å². The molecule has 1 heterocycles. The molecule has 0 spiro atoms. The van der Waals surface area contributed by atoms with Crippen LogP contribution >= 0.6 is 0 Å². The van der Waals surface area contributed by atoms with E-state index in [1.54, 1.807) is 6.21 Å². The molecule has 1 aliphatic rings. The van der Waals surface area contributed by atoms with E-state index in [0.717, 1.165) is 41.5 Å². The molecule has 0 atom stereocenters. The summed E-state index contributed by atoms with van der Waals surface area (Å²) in [5.41, 5.74) is 7.92. The van der Waals surface area contributed by atoms with E-state index in [1.165, 1.54) is 24.1 Å². The van der Waals surface area contributed by atoms with Crippen molar-refractivity contribution in [3.05, 3.63) is 64.8 Å². The number of aryl methyl sites for hydroxylation is 2.